The summed E-state index contributed by atoms with van der Waals surface area (Å²) in [5.74, 6) is 7.52. The van der Waals surface area contributed by atoms with Crippen LogP contribution in [0.2, 0.25) is 0 Å². The van der Waals surface area contributed by atoms with Crippen molar-refractivity contribution in [2.45, 2.75) is 51.5 Å². The summed E-state index contributed by atoms with van der Waals surface area (Å²) in [5, 5.41) is 1.17. The van der Waals surface area contributed by atoms with E-state index in [-0.39, 0.29) is 6.04 Å². The molecule has 3 nitrogen and oxygen atoms in total. The van der Waals surface area contributed by atoms with E-state index in [1.807, 2.05) is 0 Å². The first kappa shape index (κ1) is 13.7. The van der Waals surface area contributed by atoms with Gasteiger partial charge in [-0.2, -0.15) is 0 Å². The highest BCUT2D eigenvalue weighted by atomic mass is 16.3. The van der Waals surface area contributed by atoms with E-state index >= 15 is 0 Å². The lowest BCUT2D eigenvalue weighted by molar-refractivity contribution is 0.284. The Bertz CT molecular complexity index is 569. The predicted octanol–water partition coefficient (Wildman–Crippen LogP) is 4.22. The molecule has 0 aliphatic heterocycles. The van der Waals surface area contributed by atoms with Crippen molar-refractivity contribution >= 4 is 11.0 Å². The molecule has 3 heteroatoms. The summed E-state index contributed by atoms with van der Waals surface area (Å²) in [6.45, 7) is 2.08. The number of furan rings is 1. The van der Waals surface area contributed by atoms with Crippen LogP contribution in [0.5, 0.6) is 0 Å². The smallest absolute Gasteiger partial charge is 0.137 e. The molecule has 1 aromatic carbocycles. The molecule has 0 saturated heterocycles. The maximum Gasteiger partial charge on any atom is 0.137 e. The quantitative estimate of drug-likeness (QED) is 0.647. The summed E-state index contributed by atoms with van der Waals surface area (Å²) in [4.78, 5) is 0. The van der Waals surface area contributed by atoms with Crippen molar-refractivity contribution in [2.75, 3.05) is 0 Å². The van der Waals surface area contributed by atoms with Crippen molar-refractivity contribution in [3.63, 3.8) is 0 Å². The molecule has 0 spiro atoms. The Labute approximate surface area is 120 Å². The Hall–Kier alpha value is -1.32. The number of nitrogens with two attached hydrogens (primary N) is 1. The molecule has 1 saturated carbocycles. The first-order valence-electron chi connectivity index (χ1n) is 7.73. The van der Waals surface area contributed by atoms with Crippen LogP contribution in [0.25, 0.3) is 11.0 Å². The molecule has 20 heavy (non-hydrogen) atoms. The van der Waals surface area contributed by atoms with Crippen molar-refractivity contribution < 1.29 is 4.42 Å². The van der Waals surface area contributed by atoms with Crippen molar-refractivity contribution in [2.24, 2.45) is 11.8 Å². The zero-order valence-corrected chi connectivity index (χ0v) is 12.2. The third-order valence-electron chi connectivity index (χ3n) is 4.60. The van der Waals surface area contributed by atoms with E-state index < -0.39 is 0 Å². The van der Waals surface area contributed by atoms with Gasteiger partial charge in [0.1, 0.15) is 11.3 Å². The number of benzene rings is 1. The fourth-order valence-electron chi connectivity index (χ4n) is 3.42. The topological polar surface area (TPSA) is 51.2 Å². The highest BCUT2D eigenvalue weighted by Gasteiger charge is 2.22. The van der Waals surface area contributed by atoms with Gasteiger partial charge in [-0.05, 0) is 30.9 Å². The van der Waals surface area contributed by atoms with Crippen LogP contribution in [0.1, 0.15) is 55.9 Å². The number of hydrazine groups is 1. The van der Waals surface area contributed by atoms with Gasteiger partial charge < -0.3 is 4.42 Å². The number of fused-ring (bicyclic) bond motifs is 1. The van der Waals surface area contributed by atoms with Crippen LogP contribution in [0.3, 0.4) is 0 Å². The van der Waals surface area contributed by atoms with Crippen molar-refractivity contribution in [1.82, 2.24) is 5.43 Å². The lowest BCUT2D eigenvalue weighted by Gasteiger charge is -2.25. The summed E-state index contributed by atoms with van der Waals surface area (Å²) in [5.41, 5.74) is 5.13. The molecule has 1 aromatic heterocycles. The lowest BCUT2D eigenvalue weighted by atomic mass is 9.84. The Morgan fingerprint density at radius 1 is 1.30 bits per heavy atom. The van der Waals surface area contributed by atoms with Crippen LogP contribution < -0.4 is 11.3 Å². The predicted molar refractivity (Wildman–Crippen MR) is 82.2 cm³/mol. The van der Waals surface area contributed by atoms with Gasteiger partial charge in [-0.25, -0.2) is 5.43 Å². The van der Waals surface area contributed by atoms with E-state index in [4.69, 9.17) is 10.3 Å². The molecule has 1 atom stereocenters. The molecule has 1 heterocycles. The summed E-state index contributed by atoms with van der Waals surface area (Å²) < 4.78 is 6.05. The molecule has 0 radical (unpaired) electrons. The molecular formula is C17H24N2O. The van der Waals surface area contributed by atoms with E-state index in [0.29, 0.717) is 0 Å². The Kier molecular flexibility index (Phi) is 4.08. The highest BCUT2D eigenvalue weighted by Crippen LogP contribution is 2.34. The Morgan fingerprint density at radius 3 is 2.80 bits per heavy atom. The second-order valence-corrected chi connectivity index (χ2v) is 6.10. The largest absolute Gasteiger partial charge is 0.459 e. The third kappa shape index (κ3) is 2.74. The maximum absolute atomic E-state index is 6.05. The summed E-state index contributed by atoms with van der Waals surface area (Å²) >= 11 is 0. The zero-order chi connectivity index (χ0) is 13.9. The van der Waals surface area contributed by atoms with E-state index in [9.17, 15) is 0 Å². The van der Waals surface area contributed by atoms with Crippen LogP contribution in [0.15, 0.2) is 28.7 Å². The van der Waals surface area contributed by atoms with E-state index in [0.717, 1.165) is 23.7 Å². The first-order valence-corrected chi connectivity index (χ1v) is 7.73. The summed E-state index contributed by atoms with van der Waals surface area (Å²) in [7, 11) is 0. The molecule has 3 rings (SSSR count). The minimum absolute atomic E-state index is 0.130. The van der Waals surface area contributed by atoms with Crippen LogP contribution in [0.4, 0.5) is 0 Å². The van der Waals surface area contributed by atoms with Crippen molar-refractivity contribution in [3.8, 4) is 0 Å². The molecule has 2 aromatic rings. The normalized spacial score (nSPS) is 18.5. The van der Waals surface area contributed by atoms with Crippen LogP contribution in [-0.4, -0.2) is 0 Å². The monoisotopic (exact) mass is 272 g/mol. The molecule has 1 aliphatic carbocycles. The summed E-state index contributed by atoms with van der Waals surface area (Å²) in [6, 6.07) is 8.52. The van der Waals surface area contributed by atoms with Gasteiger partial charge in [0, 0.05) is 5.39 Å². The number of para-hydroxylation sites is 1. The summed E-state index contributed by atoms with van der Waals surface area (Å²) in [6.07, 6.45) is 7.85. The van der Waals surface area contributed by atoms with Gasteiger partial charge in [0.2, 0.25) is 0 Å². The minimum atomic E-state index is 0.130. The van der Waals surface area contributed by atoms with Crippen molar-refractivity contribution in [3.05, 3.63) is 35.6 Å². The van der Waals surface area contributed by atoms with Gasteiger partial charge in [-0.15, -0.1) is 0 Å². The SMILES string of the molecule is Cc1cccc2cc(C(CC3CCCCC3)NN)oc12. The molecule has 1 unspecified atom stereocenters. The lowest BCUT2D eigenvalue weighted by Crippen LogP contribution is -2.29. The van der Waals surface area contributed by atoms with Gasteiger partial charge >= 0.3 is 0 Å². The van der Waals surface area contributed by atoms with Gasteiger partial charge in [0.25, 0.3) is 0 Å². The standard InChI is InChI=1S/C17H24N2O/c1-12-6-5-9-14-11-16(20-17(12)14)15(19-18)10-13-7-3-2-4-8-13/h5-6,9,11,13,15,19H,2-4,7-8,10,18H2,1H3. The zero-order valence-electron chi connectivity index (χ0n) is 12.2. The Balaban J connectivity index is 1.81. The average molecular weight is 272 g/mol. The fraction of sp³-hybridized carbons (Fsp3) is 0.529. The van der Waals surface area contributed by atoms with E-state index in [1.165, 1.54) is 43.1 Å². The van der Waals surface area contributed by atoms with Gasteiger partial charge in [-0.1, -0.05) is 50.3 Å². The fourth-order valence-corrected chi connectivity index (χ4v) is 3.42. The van der Waals surface area contributed by atoms with Gasteiger partial charge in [0.15, 0.2) is 0 Å². The third-order valence-corrected chi connectivity index (χ3v) is 4.60. The molecular weight excluding hydrogens is 248 g/mol. The van der Waals surface area contributed by atoms with Crippen LogP contribution >= 0.6 is 0 Å². The number of hydrogen-bond donors (Lipinski definition) is 2. The molecule has 3 N–H and O–H groups in total. The highest BCUT2D eigenvalue weighted by molar-refractivity contribution is 5.80. The van der Waals surface area contributed by atoms with E-state index in [1.54, 1.807) is 0 Å². The maximum atomic E-state index is 6.05. The molecule has 1 aliphatic rings. The molecule has 108 valence electrons. The molecule has 1 fully saturated rings. The van der Waals surface area contributed by atoms with Crippen LogP contribution in [-0.2, 0) is 0 Å². The van der Waals surface area contributed by atoms with Crippen molar-refractivity contribution in [1.29, 1.82) is 0 Å². The molecule has 0 amide bonds. The first-order chi connectivity index (χ1) is 9.78. The number of aryl methyl sites for hydroxylation is 1. The number of rotatable bonds is 4. The molecule has 0 bridgehead atoms. The van der Waals surface area contributed by atoms with E-state index in [2.05, 4.69) is 36.6 Å². The van der Waals surface area contributed by atoms with Crippen LogP contribution in [0, 0.1) is 12.8 Å². The van der Waals surface area contributed by atoms with Gasteiger partial charge in [0.05, 0.1) is 6.04 Å². The second-order valence-electron chi connectivity index (χ2n) is 6.10. The minimum Gasteiger partial charge on any atom is -0.459 e. The number of nitrogens with one attached hydrogen (secondary N) is 1. The number of hydrogen-bond acceptors (Lipinski definition) is 3. The Morgan fingerprint density at radius 2 is 2.10 bits per heavy atom. The average Bonchev–Trinajstić information content (AvgIpc) is 2.91. The second kappa shape index (κ2) is 5.98. The van der Waals surface area contributed by atoms with Gasteiger partial charge in [-0.3, -0.25) is 5.84 Å².